The highest BCUT2D eigenvalue weighted by atomic mass is 16.2. The molecule has 1 heterocycles. The van der Waals surface area contributed by atoms with Gasteiger partial charge in [0.15, 0.2) is 0 Å². The zero-order valence-corrected chi connectivity index (χ0v) is 4.48. The summed E-state index contributed by atoms with van der Waals surface area (Å²) >= 11 is 0. The van der Waals surface area contributed by atoms with Crippen molar-refractivity contribution in [1.82, 2.24) is 16.8 Å². The van der Waals surface area contributed by atoms with E-state index < -0.39 is 0 Å². The van der Waals surface area contributed by atoms with Crippen LogP contribution in [0.2, 0.25) is 0 Å². The molecule has 0 atom stereocenters. The maximum atomic E-state index is 10.2. The first-order chi connectivity index (χ1) is 3.39. The van der Waals surface area contributed by atoms with E-state index in [9.17, 15) is 4.79 Å². The summed E-state index contributed by atoms with van der Waals surface area (Å²) in [5, 5.41) is 5.26. The number of hydrogen-bond acceptors (Lipinski definition) is 1. The van der Waals surface area contributed by atoms with Gasteiger partial charge in [0.1, 0.15) is 0 Å². The van der Waals surface area contributed by atoms with E-state index in [2.05, 4.69) is 10.6 Å². The molecule has 1 fully saturated rings. The molecular weight excluding hydrogens is 106 g/mol. The molecule has 4 heteroatoms. The SMILES string of the molecule is O=C1NCCCN1.[N]. The summed E-state index contributed by atoms with van der Waals surface area (Å²) in [4.78, 5) is 10.2. The van der Waals surface area contributed by atoms with Crippen LogP contribution in [0.15, 0.2) is 0 Å². The largest absolute Gasteiger partial charge is 0.338 e. The Morgan fingerprint density at radius 1 is 1.25 bits per heavy atom. The van der Waals surface area contributed by atoms with E-state index >= 15 is 0 Å². The Labute approximate surface area is 48.2 Å². The third-order valence-corrected chi connectivity index (χ3v) is 0.925. The Kier molecular flexibility index (Phi) is 2.95. The van der Waals surface area contributed by atoms with Gasteiger partial charge in [0.05, 0.1) is 0 Å². The number of urea groups is 1. The van der Waals surface area contributed by atoms with Crippen molar-refractivity contribution < 1.29 is 4.79 Å². The Hall–Kier alpha value is -0.770. The van der Waals surface area contributed by atoms with Gasteiger partial charge in [-0.05, 0) is 6.42 Å². The molecule has 0 bridgehead atoms. The fourth-order valence-electron chi connectivity index (χ4n) is 0.555. The maximum absolute atomic E-state index is 10.2. The fraction of sp³-hybridized carbons (Fsp3) is 0.750. The van der Waals surface area contributed by atoms with Crippen molar-refractivity contribution in [2.24, 2.45) is 0 Å². The zero-order chi connectivity index (χ0) is 5.11. The zero-order valence-electron chi connectivity index (χ0n) is 4.48. The molecule has 4 nitrogen and oxygen atoms in total. The van der Waals surface area contributed by atoms with Gasteiger partial charge in [-0.1, -0.05) is 0 Å². The summed E-state index contributed by atoms with van der Waals surface area (Å²) in [5.74, 6) is 0. The van der Waals surface area contributed by atoms with E-state index in [1.807, 2.05) is 0 Å². The molecule has 45 valence electrons. The van der Waals surface area contributed by atoms with Crippen molar-refractivity contribution in [2.75, 3.05) is 13.1 Å². The Balaban J connectivity index is 0.000000490. The second-order valence-electron chi connectivity index (χ2n) is 1.54. The minimum atomic E-state index is -0.0359. The molecule has 0 aromatic rings. The number of rotatable bonds is 0. The lowest BCUT2D eigenvalue weighted by molar-refractivity contribution is 0.236. The first kappa shape index (κ1) is 7.23. The van der Waals surface area contributed by atoms with Crippen LogP contribution in [0.3, 0.4) is 0 Å². The van der Waals surface area contributed by atoms with Crippen molar-refractivity contribution in [1.29, 1.82) is 0 Å². The average molecular weight is 114 g/mol. The van der Waals surface area contributed by atoms with Gasteiger partial charge in [-0.15, -0.1) is 0 Å². The Bertz CT molecular complexity index is 75.4. The standard InChI is InChI=1S/C4H8N2O.N/c7-4-5-2-1-3-6-4;/h1-3H2,(H2,5,6,7);. The van der Waals surface area contributed by atoms with Crippen LogP contribution in [0, 0.1) is 0 Å². The molecule has 0 aromatic heterocycles. The number of nitrogens with one attached hydrogen (secondary N) is 2. The molecule has 8 heavy (non-hydrogen) atoms. The molecule has 0 aliphatic carbocycles. The second kappa shape index (κ2) is 3.26. The normalized spacial score (nSPS) is 17.8. The number of carbonyl (C=O) groups excluding carboxylic acids is 1. The topological polar surface area (TPSA) is 71.6 Å². The Morgan fingerprint density at radius 2 is 1.75 bits per heavy atom. The molecule has 0 aromatic carbocycles. The molecule has 3 radical (unpaired) electrons. The van der Waals surface area contributed by atoms with Crippen LogP contribution >= 0.6 is 0 Å². The molecule has 2 amide bonds. The number of carbonyl (C=O) groups is 1. The Morgan fingerprint density at radius 3 is 2.00 bits per heavy atom. The van der Waals surface area contributed by atoms with Gasteiger partial charge in [0, 0.05) is 19.2 Å². The second-order valence-corrected chi connectivity index (χ2v) is 1.54. The van der Waals surface area contributed by atoms with Gasteiger partial charge in [0.2, 0.25) is 0 Å². The number of amides is 2. The molecule has 0 unspecified atom stereocenters. The summed E-state index contributed by atoms with van der Waals surface area (Å²) < 4.78 is 0. The van der Waals surface area contributed by atoms with Gasteiger partial charge in [-0.25, -0.2) is 4.79 Å². The third kappa shape index (κ3) is 1.79. The maximum Gasteiger partial charge on any atom is 0.314 e. The first-order valence-corrected chi connectivity index (χ1v) is 2.41. The van der Waals surface area contributed by atoms with Gasteiger partial charge in [-0.2, -0.15) is 0 Å². The van der Waals surface area contributed by atoms with Crippen molar-refractivity contribution in [3.8, 4) is 0 Å². The predicted molar refractivity (Wildman–Crippen MR) is 28.2 cm³/mol. The van der Waals surface area contributed by atoms with Crippen LogP contribution in [0.4, 0.5) is 4.79 Å². The minimum Gasteiger partial charge on any atom is -0.338 e. The smallest absolute Gasteiger partial charge is 0.314 e. The summed E-state index contributed by atoms with van der Waals surface area (Å²) in [5.41, 5.74) is 0. The van der Waals surface area contributed by atoms with Crippen molar-refractivity contribution in [3.63, 3.8) is 0 Å². The summed E-state index contributed by atoms with van der Waals surface area (Å²) in [6.07, 6.45) is 1.05. The highest BCUT2D eigenvalue weighted by Crippen LogP contribution is 1.79. The third-order valence-electron chi connectivity index (χ3n) is 0.925. The van der Waals surface area contributed by atoms with E-state index in [1.165, 1.54) is 0 Å². The lowest BCUT2D eigenvalue weighted by Crippen LogP contribution is -2.42. The van der Waals surface area contributed by atoms with Crippen LogP contribution in [-0.4, -0.2) is 19.1 Å². The average Bonchev–Trinajstić information content (AvgIpc) is 1.69. The fourth-order valence-corrected chi connectivity index (χ4v) is 0.555. The highest BCUT2D eigenvalue weighted by Gasteiger charge is 2.02. The van der Waals surface area contributed by atoms with Crippen molar-refractivity contribution >= 4 is 6.03 Å². The number of hydrogen-bond donors (Lipinski definition) is 2. The van der Waals surface area contributed by atoms with E-state index in [1.54, 1.807) is 0 Å². The molecule has 0 saturated carbocycles. The predicted octanol–water partition coefficient (Wildman–Crippen LogP) is -0.791. The number of nitrogens with zero attached hydrogens (tertiary/aromatic N) is 1. The molecule has 1 aliphatic heterocycles. The highest BCUT2D eigenvalue weighted by molar-refractivity contribution is 5.74. The van der Waals surface area contributed by atoms with Crippen LogP contribution < -0.4 is 16.8 Å². The molecular formula is C4H8N3O. The lowest BCUT2D eigenvalue weighted by Gasteiger charge is -2.11. The molecule has 1 saturated heterocycles. The molecule has 2 N–H and O–H groups in total. The summed E-state index contributed by atoms with van der Waals surface area (Å²) in [7, 11) is 0. The van der Waals surface area contributed by atoms with Gasteiger partial charge < -0.3 is 10.6 Å². The van der Waals surface area contributed by atoms with Gasteiger partial charge >= 0.3 is 6.03 Å². The van der Waals surface area contributed by atoms with E-state index in [-0.39, 0.29) is 12.2 Å². The van der Waals surface area contributed by atoms with Crippen LogP contribution in [0.25, 0.3) is 0 Å². The van der Waals surface area contributed by atoms with Crippen LogP contribution in [-0.2, 0) is 0 Å². The van der Waals surface area contributed by atoms with E-state index in [0.29, 0.717) is 0 Å². The summed E-state index contributed by atoms with van der Waals surface area (Å²) in [6, 6.07) is -0.0359. The van der Waals surface area contributed by atoms with Crippen molar-refractivity contribution in [2.45, 2.75) is 6.42 Å². The van der Waals surface area contributed by atoms with Crippen LogP contribution in [0.5, 0.6) is 0 Å². The quantitative estimate of drug-likeness (QED) is 0.425. The van der Waals surface area contributed by atoms with Gasteiger partial charge in [0.25, 0.3) is 0 Å². The summed E-state index contributed by atoms with van der Waals surface area (Å²) in [6.45, 7) is 1.65. The monoisotopic (exact) mass is 114 g/mol. The van der Waals surface area contributed by atoms with E-state index in [0.717, 1.165) is 19.5 Å². The van der Waals surface area contributed by atoms with E-state index in [4.69, 9.17) is 0 Å². The van der Waals surface area contributed by atoms with Crippen molar-refractivity contribution in [3.05, 3.63) is 0 Å². The molecule has 1 aliphatic rings. The van der Waals surface area contributed by atoms with Crippen LogP contribution in [0.1, 0.15) is 6.42 Å². The van der Waals surface area contributed by atoms with Gasteiger partial charge in [-0.3, -0.25) is 0 Å². The first-order valence-electron chi connectivity index (χ1n) is 2.41. The molecule has 0 spiro atoms. The lowest BCUT2D eigenvalue weighted by atomic mass is 10.4. The molecule has 1 rings (SSSR count). The minimum absolute atomic E-state index is 0.